The lowest BCUT2D eigenvalue weighted by atomic mass is 9.94. The molecule has 0 bridgehead atoms. The molecule has 1 atom stereocenters. The van der Waals surface area contributed by atoms with Gasteiger partial charge in [-0.25, -0.2) is 8.42 Å². The zero-order valence-corrected chi connectivity index (χ0v) is 18.5. The van der Waals surface area contributed by atoms with Gasteiger partial charge in [-0.3, -0.25) is 9.10 Å². The Morgan fingerprint density at radius 1 is 1.39 bits per heavy atom. The largest absolute Gasteiger partial charge is 0.495 e. The number of nitrogens with one attached hydrogen (secondary N) is 1. The Morgan fingerprint density at radius 2 is 2.04 bits per heavy atom. The number of hydrogen-bond donors (Lipinski definition) is 1. The standard InChI is InChI=1S/C19H30ClN3O4S/c1-14(19(24)21-10-7-15-8-11-22(2)12-9-15)23(28(4,25)26)17-13-16(20)5-6-18(17)27-3/h5-6,13-15H,7-12H2,1-4H3,(H,21,24)/t14-/m0/s1. The molecule has 1 N–H and O–H groups in total. The molecule has 0 aromatic heterocycles. The lowest BCUT2D eigenvalue weighted by molar-refractivity contribution is -0.121. The Morgan fingerprint density at radius 3 is 2.61 bits per heavy atom. The zero-order chi connectivity index (χ0) is 20.9. The summed E-state index contributed by atoms with van der Waals surface area (Å²) in [5.41, 5.74) is 0.246. The second kappa shape index (κ2) is 9.80. The van der Waals surface area contributed by atoms with Crippen molar-refractivity contribution in [2.24, 2.45) is 5.92 Å². The van der Waals surface area contributed by atoms with Gasteiger partial charge in [-0.2, -0.15) is 0 Å². The molecule has 1 aliphatic rings. The summed E-state index contributed by atoms with van der Waals surface area (Å²) >= 11 is 6.05. The maximum atomic E-state index is 12.7. The van der Waals surface area contributed by atoms with Crippen LogP contribution in [-0.4, -0.2) is 65.3 Å². The van der Waals surface area contributed by atoms with Crippen molar-refractivity contribution in [3.63, 3.8) is 0 Å². The Bertz CT molecular complexity index is 779. The van der Waals surface area contributed by atoms with Crippen LogP contribution in [-0.2, 0) is 14.8 Å². The molecule has 1 fully saturated rings. The molecule has 9 heteroatoms. The minimum atomic E-state index is -3.73. The molecule has 0 unspecified atom stereocenters. The van der Waals surface area contributed by atoms with Crippen LogP contribution in [0, 0.1) is 5.92 Å². The highest BCUT2D eigenvalue weighted by molar-refractivity contribution is 7.92. The number of methoxy groups -OCH3 is 1. The molecule has 0 aliphatic carbocycles. The van der Waals surface area contributed by atoms with Crippen LogP contribution < -0.4 is 14.4 Å². The highest BCUT2D eigenvalue weighted by atomic mass is 35.5. The number of nitrogens with zero attached hydrogens (tertiary/aromatic N) is 2. The second-order valence-corrected chi connectivity index (χ2v) is 9.67. The summed E-state index contributed by atoms with van der Waals surface area (Å²) in [6, 6.07) is 3.75. The summed E-state index contributed by atoms with van der Waals surface area (Å²) in [6.45, 7) is 4.24. The first-order chi connectivity index (χ1) is 13.1. The van der Waals surface area contributed by atoms with Crippen molar-refractivity contribution < 1.29 is 17.9 Å². The average molecular weight is 432 g/mol. The fourth-order valence-electron chi connectivity index (χ4n) is 3.51. The van der Waals surface area contributed by atoms with Crippen LogP contribution in [0.4, 0.5) is 5.69 Å². The summed E-state index contributed by atoms with van der Waals surface area (Å²) in [5, 5.41) is 3.24. The number of carbonyl (C=O) groups excluding carboxylic acids is 1. The number of carbonyl (C=O) groups is 1. The molecular weight excluding hydrogens is 402 g/mol. The fourth-order valence-corrected chi connectivity index (χ4v) is 4.85. The van der Waals surface area contributed by atoms with E-state index in [1.165, 1.54) is 13.2 Å². The first-order valence-electron chi connectivity index (χ1n) is 9.42. The highest BCUT2D eigenvalue weighted by Crippen LogP contribution is 2.34. The first-order valence-corrected chi connectivity index (χ1v) is 11.6. The van der Waals surface area contributed by atoms with Crippen LogP contribution in [0.5, 0.6) is 5.75 Å². The van der Waals surface area contributed by atoms with Gasteiger partial charge in [-0.15, -0.1) is 0 Å². The van der Waals surface area contributed by atoms with E-state index in [1.54, 1.807) is 19.1 Å². The number of likely N-dealkylation sites (tertiary alicyclic amines) is 1. The van der Waals surface area contributed by atoms with Gasteiger partial charge in [0.2, 0.25) is 15.9 Å². The molecule has 28 heavy (non-hydrogen) atoms. The smallest absolute Gasteiger partial charge is 0.243 e. The van der Waals surface area contributed by atoms with Gasteiger partial charge in [-0.05, 0) is 70.4 Å². The molecular formula is C19H30ClN3O4S. The van der Waals surface area contributed by atoms with E-state index < -0.39 is 16.1 Å². The number of piperidine rings is 1. The average Bonchev–Trinajstić information content (AvgIpc) is 2.62. The predicted molar refractivity (Wildman–Crippen MR) is 113 cm³/mol. The van der Waals surface area contributed by atoms with Crippen LogP contribution in [0.3, 0.4) is 0 Å². The summed E-state index contributed by atoms with van der Waals surface area (Å²) in [5.74, 6) is 0.576. The summed E-state index contributed by atoms with van der Waals surface area (Å²) in [7, 11) is -0.176. The van der Waals surface area contributed by atoms with E-state index in [1.807, 2.05) is 0 Å². The van der Waals surface area contributed by atoms with Crippen molar-refractivity contribution in [1.29, 1.82) is 0 Å². The number of anilines is 1. The summed E-state index contributed by atoms with van der Waals surface area (Å²) in [4.78, 5) is 15.0. The van der Waals surface area contributed by atoms with Crippen molar-refractivity contribution in [2.75, 3.05) is 44.4 Å². The Labute approximate surface area is 173 Å². The topological polar surface area (TPSA) is 79.0 Å². The van der Waals surface area contributed by atoms with Gasteiger partial charge in [0.15, 0.2) is 0 Å². The van der Waals surface area contributed by atoms with Gasteiger partial charge in [0, 0.05) is 11.6 Å². The zero-order valence-electron chi connectivity index (χ0n) is 16.9. The number of ether oxygens (including phenoxy) is 1. The van der Waals surface area contributed by atoms with Gasteiger partial charge in [0.25, 0.3) is 0 Å². The molecule has 1 amide bonds. The van der Waals surface area contributed by atoms with Crippen LogP contribution in [0.25, 0.3) is 0 Å². The highest BCUT2D eigenvalue weighted by Gasteiger charge is 2.31. The minimum Gasteiger partial charge on any atom is -0.495 e. The summed E-state index contributed by atoms with van der Waals surface area (Å²) < 4.78 is 31.2. The van der Waals surface area contributed by atoms with Gasteiger partial charge < -0.3 is 15.0 Å². The lowest BCUT2D eigenvalue weighted by Gasteiger charge is -2.30. The molecule has 0 spiro atoms. The van der Waals surface area contributed by atoms with Crippen molar-refractivity contribution in [3.05, 3.63) is 23.2 Å². The Hall–Kier alpha value is -1.51. The fraction of sp³-hybridized carbons (Fsp3) is 0.632. The molecule has 1 aromatic rings. The van der Waals surface area contributed by atoms with Gasteiger partial charge in [0.05, 0.1) is 19.1 Å². The maximum Gasteiger partial charge on any atom is 0.243 e. The van der Waals surface area contributed by atoms with E-state index in [-0.39, 0.29) is 11.6 Å². The van der Waals surface area contributed by atoms with Crippen molar-refractivity contribution in [3.8, 4) is 5.75 Å². The van der Waals surface area contributed by atoms with Crippen molar-refractivity contribution in [1.82, 2.24) is 10.2 Å². The number of amides is 1. The van der Waals surface area contributed by atoms with E-state index in [9.17, 15) is 13.2 Å². The third kappa shape index (κ3) is 5.99. The lowest BCUT2D eigenvalue weighted by Crippen LogP contribution is -2.48. The molecule has 1 aromatic carbocycles. The Kier molecular flexibility index (Phi) is 7.97. The number of hydrogen-bond acceptors (Lipinski definition) is 5. The molecule has 2 rings (SSSR count). The molecule has 1 aliphatic heterocycles. The van der Waals surface area contributed by atoms with E-state index in [0.717, 1.165) is 42.9 Å². The predicted octanol–water partition coefficient (Wildman–Crippen LogP) is 2.35. The van der Waals surface area contributed by atoms with Crippen LogP contribution in [0.15, 0.2) is 18.2 Å². The van der Waals surface area contributed by atoms with Gasteiger partial charge in [-0.1, -0.05) is 11.6 Å². The summed E-state index contributed by atoms with van der Waals surface area (Å²) in [6.07, 6.45) is 4.20. The van der Waals surface area contributed by atoms with Gasteiger partial charge >= 0.3 is 0 Å². The quantitative estimate of drug-likeness (QED) is 0.683. The first kappa shape index (κ1) is 22.8. The van der Waals surface area contributed by atoms with Crippen molar-refractivity contribution in [2.45, 2.75) is 32.2 Å². The molecule has 1 heterocycles. The van der Waals surface area contributed by atoms with Gasteiger partial charge in [0.1, 0.15) is 11.8 Å². The maximum absolute atomic E-state index is 12.7. The van der Waals surface area contributed by atoms with E-state index in [2.05, 4.69) is 17.3 Å². The number of halogens is 1. The molecule has 7 nitrogen and oxygen atoms in total. The van der Waals surface area contributed by atoms with E-state index in [4.69, 9.17) is 16.3 Å². The van der Waals surface area contributed by atoms with Crippen molar-refractivity contribution >= 4 is 33.2 Å². The molecule has 1 saturated heterocycles. The third-order valence-electron chi connectivity index (χ3n) is 5.16. The SMILES string of the molecule is COc1ccc(Cl)cc1N([C@@H](C)C(=O)NCCC1CCN(C)CC1)S(C)(=O)=O. The van der Waals surface area contributed by atoms with Crippen LogP contribution in [0.1, 0.15) is 26.2 Å². The molecule has 0 radical (unpaired) electrons. The normalized spacial score (nSPS) is 17.2. The Balaban J connectivity index is 2.08. The second-order valence-electron chi connectivity index (χ2n) is 7.38. The van der Waals surface area contributed by atoms with E-state index in [0.29, 0.717) is 23.2 Å². The third-order valence-corrected chi connectivity index (χ3v) is 6.62. The molecule has 0 saturated carbocycles. The number of rotatable bonds is 8. The minimum absolute atomic E-state index is 0.246. The number of sulfonamides is 1. The number of benzene rings is 1. The molecule has 158 valence electrons. The van der Waals surface area contributed by atoms with E-state index >= 15 is 0 Å². The monoisotopic (exact) mass is 431 g/mol. The van der Waals surface area contributed by atoms with Crippen LogP contribution in [0.2, 0.25) is 5.02 Å². The van der Waals surface area contributed by atoms with Crippen LogP contribution >= 0.6 is 11.6 Å².